The molecule has 26 heavy (non-hydrogen) atoms. The highest BCUT2D eigenvalue weighted by Gasteiger charge is 2.20. The first kappa shape index (κ1) is 16.4. The number of hydrogen-bond donors (Lipinski definition) is 0. The van der Waals surface area contributed by atoms with Gasteiger partial charge in [-0.2, -0.15) is 0 Å². The monoisotopic (exact) mass is 369 g/mol. The average molecular weight is 369 g/mol. The lowest BCUT2D eigenvalue weighted by Crippen LogP contribution is -2.00. The third-order valence-corrected chi connectivity index (χ3v) is 5.24. The van der Waals surface area contributed by atoms with Crippen molar-refractivity contribution in [3.8, 4) is 0 Å². The quantitative estimate of drug-likeness (QED) is 0.507. The normalized spacial score (nSPS) is 11.2. The van der Waals surface area contributed by atoms with Crippen molar-refractivity contribution in [2.24, 2.45) is 0 Å². The highest BCUT2D eigenvalue weighted by molar-refractivity contribution is 7.13. The van der Waals surface area contributed by atoms with Crippen LogP contribution in [0.2, 0.25) is 0 Å². The number of carbonyl (C=O) groups excluding carboxylic acids is 2. The number of nitrogens with zero attached hydrogens (tertiary/aromatic N) is 1. The molecule has 1 aromatic carbocycles. The van der Waals surface area contributed by atoms with Gasteiger partial charge < -0.3 is 18.5 Å². The summed E-state index contributed by atoms with van der Waals surface area (Å²) in [4.78, 5) is 25.1. The summed E-state index contributed by atoms with van der Waals surface area (Å²) in [6, 6.07) is 13.2. The zero-order chi connectivity index (χ0) is 18.3. The number of carbonyl (C=O) groups is 2. The van der Waals surface area contributed by atoms with E-state index in [0.29, 0.717) is 17.0 Å². The van der Waals surface area contributed by atoms with E-state index in [1.807, 2.05) is 30.3 Å². The van der Waals surface area contributed by atoms with Gasteiger partial charge in [-0.05, 0) is 24.3 Å². The Morgan fingerprint density at radius 1 is 1.04 bits per heavy atom. The molecule has 6 nitrogen and oxygen atoms in total. The Morgan fingerprint density at radius 3 is 2.58 bits per heavy atom. The van der Waals surface area contributed by atoms with E-state index >= 15 is 0 Å². The molecule has 3 aromatic heterocycles. The van der Waals surface area contributed by atoms with Crippen molar-refractivity contribution < 1.29 is 23.5 Å². The highest BCUT2D eigenvalue weighted by atomic mass is 32.1. The van der Waals surface area contributed by atoms with Crippen molar-refractivity contribution in [2.45, 2.75) is 6.54 Å². The smallest absolute Gasteiger partial charge is 0.374 e. The van der Waals surface area contributed by atoms with Gasteiger partial charge in [0.15, 0.2) is 5.58 Å². The minimum Gasteiger partial charge on any atom is -0.465 e. The summed E-state index contributed by atoms with van der Waals surface area (Å²) in [6.07, 6.45) is 0. The Morgan fingerprint density at radius 2 is 1.81 bits per heavy atom. The minimum absolute atomic E-state index is 0.165. The van der Waals surface area contributed by atoms with E-state index < -0.39 is 5.97 Å². The Hall–Kier alpha value is -3.06. The third-order valence-electron chi connectivity index (χ3n) is 4.19. The molecule has 0 saturated carbocycles. The first-order valence-corrected chi connectivity index (χ1v) is 8.70. The molecule has 0 N–H and O–H groups in total. The van der Waals surface area contributed by atoms with E-state index in [9.17, 15) is 9.59 Å². The molecule has 0 atom stereocenters. The molecule has 7 heteroatoms. The molecule has 0 bridgehead atoms. The minimum atomic E-state index is -0.513. The molecule has 0 aliphatic carbocycles. The lowest BCUT2D eigenvalue weighted by molar-refractivity contribution is 0.0566. The zero-order valence-corrected chi connectivity index (χ0v) is 15.0. The van der Waals surface area contributed by atoms with Crippen LogP contribution in [0.4, 0.5) is 0 Å². The lowest BCUT2D eigenvalue weighted by Gasteiger charge is -2.04. The topological polar surface area (TPSA) is 70.7 Å². The second kappa shape index (κ2) is 6.34. The zero-order valence-electron chi connectivity index (χ0n) is 14.1. The van der Waals surface area contributed by atoms with Crippen molar-refractivity contribution in [2.75, 3.05) is 14.2 Å². The Kier molecular flexibility index (Phi) is 4.00. The number of fused-ring (bicyclic) bond motifs is 3. The number of para-hydroxylation sites is 1. The molecular formula is C19H15NO5S. The van der Waals surface area contributed by atoms with E-state index in [1.165, 1.54) is 25.6 Å². The summed E-state index contributed by atoms with van der Waals surface area (Å²) in [5, 5.41) is 0.919. The maximum atomic E-state index is 11.8. The predicted octanol–water partition coefficient (Wildman–Crippen LogP) is 4.07. The summed E-state index contributed by atoms with van der Waals surface area (Å²) < 4.78 is 17.3. The van der Waals surface area contributed by atoms with Crippen molar-refractivity contribution in [3.63, 3.8) is 0 Å². The number of furan rings is 1. The van der Waals surface area contributed by atoms with Crippen LogP contribution in [0.3, 0.4) is 0 Å². The second-order valence-electron chi connectivity index (χ2n) is 5.68. The van der Waals surface area contributed by atoms with Crippen LogP contribution in [0.5, 0.6) is 0 Å². The average Bonchev–Trinajstić information content (AvgIpc) is 3.37. The Balaban J connectivity index is 1.84. The molecule has 4 rings (SSSR count). The Bertz CT molecular complexity index is 1130. The molecule has 0 aliphatic heterocycles. The van der Waals surface area contributed by atoms with Crippen LogP contribution in [0.15, 0.2) is 46.9 Å². The number of rotatable bonds is 4. The van der Waals surface area contributed by atoms with Crippen LogP contribution in [-0.4, -0.2) is 30.7 Å². The summed E-state index contributed by atoms with van der Waals surface area (Å²) in [5.74, 6) is -0.695. The number of aromatic nitrogens is 1. The maximum absolute atomic E-state index is 11.8. The SMILES string of the molecule is COC(=O)c1cc2c(o1)c1ccccc1n2Cc1ccc(C(=O)OC)s1. The molecule has 0 unspecified atom stereocenters. The standard InChI is InChI=1S/C19H15NO5S/c1-23-18(21)15-9-14-17(25-15)12-5-3-4-6-13(12)20(14)10-11-7-8-16(26-11)19(22)24-2/h3-9H,10H2,1-2H3. The molecular weight excluding hydrogens is 354 g/mol. The molecule has 0 aliphatic rings. The van der Waals surface area contributed by atoms with E-state index in [-0.39, 0.29) is 11.7 Å². The number of hydrogen-bond acceptors (Lipinski definition) is 6. The van der Waals surface area contributed by atoms with Gasteiger partial charge in [0.2, 0.25) is 5.76 Å². The number of benzene rings is 1. The van der Waals surface area contributed by atoms with E-state index in [0.717, 1.165) is 21.3 Å². The summed E-state index contributed by atoms with van der Waals surface area (Å²) in [6.45, 7) is 0.547. The predicted molar refractivity (Wildman–Crippen MR) is 97.8 cm³/mol. The molecule has 0 radical (unpaired) electrons. The van der Waals surface area contributed by atoms with Crippen LogP contribution in [0.1, 0.15) is 25.1 Å². The second-order valence-corrected chi connectivity index (χ2v) is 6.85. The van der Waals surface area contributed by atoms with Gasteiger partial charge in [-0.15, -0.1) is 11.3 Å². The van der Waals surface area contributed by atoms with Gasteiger partial charge in [0.05, 0.1) is 31.8 Å². The maximum Gasteiger partial charge on any atom is 0.374 e. The van der Waals surface area contributed by atoms with Crippen LogP contribution >= 0.6 is 11.3 Å². The van der Waals surface area contributed by atoms with Crippen LogP contribution < -0.4 is 0 Å². The molecule has 0 spiro atoms. The largest absolute Gasteiger partial charge is 0.465 e. The van der Waals surface area contributed by atoms with Gasteiger partial charge in [-0.3, -0.25) is 0 Å². The van der Waals surface area contributed by atoms with Crippen LogP contribution in [0, 0.1) is 0 Å². The van der Waals surface area contributed by atoms with Gasteiger partial charge in [0.1, 0.15) is 4.88 Å². The molecule has 0 saturated heterocycles. The number of esters is 2. The summed E-state index contributed by atoms with van der Waals surface area (Å²) in [5.41, 5.74) is 2.44. The fourth-order valence-electron chi connectivity index (χ4n) is 3.01. The number of methoxy groups -OCH3 is 2. The fraction of sp³-hybridized carbons (Fsp3) is 0.158. The molecule has 3 heterocycles. The van der Waals surface area contributed by atoms with Crippen LogP contribution in [0.25, 0.3) is 22.0 Å². The van der Waals surface area contributed by atoms with E-state index in [1.54, 1.807) is 12.1 Å². The van der Waals surface area contributed by atoms with E-state index in [4.69, 9.17) is 13.9 Å². The summed E-state index contributed by atoms with van der Waals surface area (Å²) >= 11 is 1.38. The van der Waals surface area contributed by atoms with Crippen molar-refractivity contribution in [3.05, 3.63) is 58.0 Å². The van der Waals surface area contributed by atoms with Crippen molar-refractivity contribution in [1.82, 2.24) is 4.57 Å². The summed E-state index contributed by atoms with van der Waals surface area (Å²) in [7, 11) is 2.69. The molecule has 132 valence electrons. The Labute approximate surface area is 152 Å². The first-order chi connectivity index (χ1) is 12.6. The van der Waals surface area contributed by atoms with Gasteiger partial charge in [0, 0.05) is 16.3 Å². The first-order valence-electron chi connectivity index (χ1n) is 7.88. The fourth-order valence-corrected chi connectivity index (χ4v) is 3.92. The third kappa shape index (κ3) is 2.57. The van der Waals surface area contributed by atoms with E-state index in [2.05, 4.69) is 4.57 Å². The lowest BCUT2D eigenvalue weighted by atomic mass is 10.2. The number of thiophene rings is 1. The molecule has 4 aromatic rings. The van der Waals surface area contributed by atoms with Gasteiger partial charge in [0.25, 0.3) is 0 Å². The van der Waals surface area contributed by atoms with Crippen LogP contribution in [-0.2, 0) is 16.0 Å². The molecule has 0 amide bonds. The van der Waals surface area contributed by atoms with Crippen molar-refractivity contribution >= 4 is 45.3 Å². The highest BCUT2D eigenvalue weighted by Crippen LogP contribution is 2.33. The van der Waals surface area contributed by atoms with Gasteiger partial charge in [-0.1, -0.05) is 12.1 Å². The number of ether oxygens (including phenoxy) is 2. The van der Waals surface area contributed by atoms with Gasteiger partial charge >= 0.3 is 11.9 Å². The van der Waals surface area contributed by atoms with Gasteiger partial charge in [-0.25, -0.2) is 9.59 Å². The van der Waals surface area contributed by atoms with Crippen molar-refractivity contribution in [1.29, 1.82) is 0 Å². The molecule has 0 fully saturated rings.